The molecular formula is C18H22N2O2. The predicted octanol–water partition coefficient (Wildman–Crippen LogP) is 4.01. The molecule has 2 aromatic rings. The first-order chi connectivity index (χ1) is 10.5. The van der Waals surface area contributed by atoms with Crippen molar-refractivity contribution in [3.63, 3.8) is 0 Å². The molecule has 1 amide bonds. The number of amides is 1. The van der Waals surface area contributed by atoms with Crippen LogP contribution in [-0.2, 0) is 0 Å². The number of nitrogen functional groups attached to an aromatic ring is 1. The maximum absolute atomic E-state index is 12.3. The number of hydrogen-bond acceptors (Lipinski definition) is 3. The Morgan fingerprint density at radius 2 is 1.91 bits per heavy atom. The number of nitrogens with two attached hydrogens (primary N) is 1. The van der Waals surface area contributed by atoms with Gasteiger partial charge in [0.25, 0.3) is 5.91 Å². The highest BCUT2D eigenvalue weighted by Crippen LogP contribution is 2.22. The van der Waals surface area contributed by atoms with Crippen molar-refractivity contribution in [2.45, 2.75) is 33.3 Å². The Balaban J connectivity index is 2.08. The molecule has 116 valence electrons. The van der Waals surface area contributed by atoms with Crippen molar-refractivity contribution in [3.8, 4) is 5.75 Å². The first-order valence-electron chi connectivity index (χ1n) is 7.44. The number of ether oxygens (including phenoxy) is 1. The molecular weight excluding hydrogens is 276 g/mol. The molecule has 0 saturated heterocycles. The molecule has 0 aliphatic rings. The lowest BCUT2D eigenvalue weighted by Crippen LogP contribution is -2.13. The quantitative estimate of drug-likeness (QED) is 0.820. The van der Waals surface area contributed by atoms with Crippen molar-refractivity contribution in [1.29, 1.82) is 0 Å². The van der Waals surface area contributed by atoms with Crippen LogP contribution in [0.4, 0.5) is 11.4 Å². The number of carbonyl (C=O) groups is 1. The molecule has 2 aromatic carbocycles. The Kier molecular flexibility index (Phi) is 5.04. The van der Waals surface area contributed by atoms with Crippen LogP contribution in [0.3, 0.4) is 0 Å². The molecule has 0 saturated carbocycles. The summed E-state index contributed by atoms with van der Waals surface area (Å²) in [5.74, 6) is 0.606. The van der Waals surface area contributed by atoms with Gasteiger partial charge in [0, 0.05) is 16.9 Å². The van der Waals surface area contributed by atoms with Crippen LogP contribution < -0.4 is 15.8 Å². The van der Waals surface area contributed by atoms with Crippen molar-refractivity contribution in [2.75, 3.05) is 11.1 Å². The second-order valence-corrected chi connectivity index (χ2v) is 5.34. The van der Waals surface area contributed by atoms with Gasteiger partial charge in [-0.15, -0.1) is 0 Å². The highest BCUT2D eigenvalue weighted by atomic mass is 16.5. The van der Waals surface area contributed by atoms with E-state index in [9.17, 15) is 4.79 Å². The third-order valence-electron chi connectivity index (χ3n) is 3.65. The number of carbonyl (C=O) groups excluding carboxylic acids is 1. The molecule has 4 heteroatoms. The van der Waals surface area contributed by atoms with Crippen LogP contribution in [0.5, 0.6) is 5.75 Å². The lowest BCUT2D eigenvalue weighted by molar-refractivity contribution is 0.102. The van der Waals surface area contributed by atoms with Gasteiger partial charge >= 0.3 is 0 Å². The molecule has 0 aliphatic carbocycles. The Morgan fingerprint density at radius 1 is 1.23 bits per heavy atom. The molecule has 0 aromatic heterocycles. The summed E-state index contributed by atoms with van der Waals surface area (Å²) in [5, 5.41) is 2.88. The van der Waals surface area contributed by atoms with Gasteiger partial charge in [0.15, 0.2) is 0 Å². The van der Waals surface area contributed by atoms with Crippen molar-refractivity contribution < 1.29 is 9.53 Å². The molecule has 0 bridgehead atoms. The lowest BCUT2D eigenvalue weighted by Gasteiger charge is -2.13. The summed E-state index contributed by atoms with van der Waals surface area (Å²) in [6.07, 6.45) is 1.10. The Morgan fingerprint density at radius 3 is 2.55 bits per heavy atom. The maximum Gasteiger partial charge on any atom is 0.255 e. The van der Waals surface area contributed by atoms with E-state index in [1.165, 1.54) is 0 Å². The van der Waals surface area contributed by atoms with E-state index in [1.807, 2.05) is 44.2 Å². The van der Waals surface area contributed by atoms with Gasteiger partial charge in [-0.1, -0.05) is 13.0 Å². The van der Waals surface area contributed by atoms with Crippen molar-refractivity contribution >= 4 is 17.3 Å². The monoisotopic (exact) mass is 298 g/mol. The SMILES string of the molecule is CC[C@H](C)Oc1ccc(C(=O)Nc2cccc(N)c2C)cc1. The summed E-state index contributed by atoms with van der Waals surface area (Å²) >= 11 is 0. The summed E-state index contributed by atoms with van der Waals surface area (Å²) < 4.78 is 5.70. The summed E-state index contributed by atoms with van der Waals surface area (Å²) in [6.45, 7) is 5.97. The van der Waals surface area contributed by atoms with E-state index in [1.54, 1.807) is 12.1 Å². The van der Waals surface area contributed by atoms with Gasteiger partial charge in [-0.2, -0.15) is 0 Å². The van der Waals surface area contributed by atoms with Crippen molar-refractivity contribution in [2.24, 2.45) is 0 Å². The zero-order valence-electron chi connectivity index (χ0n) is 13.2. The molecule has 0 aliphatic heterocycles. The third-order valence-corrected chi connectivity index (χ3v) is 3.65. The first kappa shape index (κ1) is 15.9. The van der Waals surface area contributed by atoms with Crippen LogP contribution in [0.15, 0.2) is 42.5 Å². The first-order valence-corrected chi connectivity index (χ1v) is 7.44. The minimum Gasteiger partial charge on any atom is -0.491 e. The van der Waals surface area contributed by atoms with E-state index in [-0.39, 0.29) is 12.0 Å². The van der Waals surface area contributed by atoms with Gasteiger partial charge in [-0.05, 0) is 62.2 Å². The lowest BCUT2D eigenvalue weighted by atomic mass is 10.1. The summed E-state index contributed by atoms with van der Waals surface area (Å²) in [4.78, 5) is 12.3. The topological polar surface area (TPSA) is 64.3 Å². The standard InChI is InChI=1S/C18H22N2O2/c1-4-12(2)22-15-10-8-14(9-11-15)18(21)20-17-7-5-6-16(19)13(17)3/h5-12H,4,19H2,1-3H3,(H,20,21)/t12-/m0/s1. The van der Waals surface area contributed by atoms with Crippen LogP contribution >= 0.6 is 0 Å². The van der Waals surface area contributed by atoms with Crippen LogP contribution in [0.2, 0.25) is 0 Å². The van der Waals surface area contributed by atoms with Crippen LogP contribution in [0, 0.1) is 6.92 Å². The van der Waals surface area contributed by atoms with E-state index in [4.69, 9.17) is 10.5 Å². The fourth-order valence-corrected chi connectivity index (χ4v) is 1.98. The Hall–Kier alpha value is -2.49. The number of hydrogen-bond donors (Lipinski definition) is 2. The number of nitrogens with one attached hydrogen (secondary N) is 1. The van der Waals surface area contributed by atoms with Crippen LogP contribution in [-0.4, -0.2) is 12.0 Å². The van der Waals surface area contributed by atoms with E-state index in [0.29, 0.717) is 11.3 Å². The second kappa shape index (κ2) is 6.98. The fourth-order valence-electron chi connectivity index (χ4n) is 1.98. The minimum absolute atomic E-state index is 0.162. The van der Waals surface area contributed by atoms with Gasteiger partial charge < -0.3 is 15.8 Å². The van der Waals surface area contributed by atoms with Gasteiger partial charge in [0.1, 0.15) is 5.75 Å². The molecule has 22 heavy (non-hydrogen) atoms. The van der Waals surface area contributed by atoms with Gasteiger partial charge in [-0.3, -0.25) is 4.79 Å². The molecule has 0 heterocycles. The van der Waals surface area contributed by atoms with Gasteiger partial charge in [-0.25, -0.2) is 0 Å². The van der Waals surface area contributed by atoms with Crippen molar-refractivity contribution in [3.05, 3.63) is 53.6 Å². The highest BCUT2D eigenvalue weighted by molar-refractivity contribution is 6.05. The summed E-state index contributed by atoms with van der Waals surface area (Å²) in [5.41, 5.74) is 8.69. The fraction of sp³-hybridized carbons (Fsp3) is 0.278. The largest absolute Gasteiger partial charge is 0.491 e. The summed E-state index contributed by atoms with van der Waals surface area (Å²) in [6, 6.07) is 12.6. The molecule has 2 rings (SSSR count). The van der Waals surface area contributed by atoms with E-state index >= 15 is 0 Å². The molecule has 0 fully saturated rings. The van der Waals surface area contributed by atoms with Crippen LogP contribution in [0.25, 0.3) is 0 Å². The van der Waals surface area contributed by atoms with Crippen LogP contribution in [0.1, 0.15) is 36.2 Å². The second-order valence-electron chi connectivity index (χ2n) is 5.34. The minimum atomic E-state index is -0.163. The Bertz CT molecular complexity index is 651. The van der Waals surface area contributed by atoms with E-state index in [0.717, 1.165) is 23.4 Å². The van der Waals surface area contributed by atoms with Gasteiger partial charge in [0.2, 0.25) is 0 Å². The summed E-state index contributed by atoms with van der Waals surface area (Å²) in [7, 11) is 0. The molecule has 1 atom stereocenters. The molecule has 0 unspecified atom stereocenters. The van der Waals surface area contributed by atoms with Crippen molar-refractivity contribution in [1.82, 2.24) is 0 Å². The van der Waals surface area contributed by atoms with Gasteiger partial charge in [0.05, 0.1) is 6.10 Å². The number of anilines is 2. The predicted molar refractivity (Wildman–Crippen MR) is 90.4 cm³/mol. The molecule has 4 nitrogen and oxygen atoms in total. The molecule has 0 radical (unpaired) electrons. The molecule has 0 spiro atoms. The average molecular weight is 298 g/mol. The Labute approximate surface area is 131 Å². The zero-order valence-corrected chi connectivity index (χ0v) is 13.2. The third kappa shape index (κ3) is 3.79. The number of benzene rings is 2. The average Bonchev–Trinajstić information content (AvgIpc) is 2.52. The highest BCUT2D eigenvalue weighted by Gasteiger charge is 2.09. The van der Waals surface area contributed by atoms with E-state index < -0.39 is 0 Å². The molecule has 3 N–H and O–H groups in total. The normalized spacial score (nSPS) is 11.8. The number of rotatable bonds is 5. The zero-order chi connectivity index (χ0) is 16.1. The van der Waals surface area contributed by atoms with E-state index in [2.05, 4.69) is 12.2 Å². The maximum atomic E-state index is 12.3. The smallest absolute Gasteiger partial charge is 0.255 e.